The van der Waals surface area contributed by atoms with Crippen molar-refractivity contribution in [3.63, 3.8) is 0 Å². The molecule has 11 nitrogen and oxygen atoms in total. The Kier molecular flexibility index (Phi) is 6.11. The molecule has 0 fully saturated rings. The lowest BCUT2D eigenvalue weighted by atomic mass is 10.3. The van der Waals surface area contributed by atoms with Crippen molar-refractivity contribution in [1.82, 2.24) is 19.6 Å². The molecule has 1 aromatic carbocycles. The molecule has 3 rings (SSSR count). The molecule has 2 heterocycles. The van der Waals surface area contributed by atoms with E-state index in [0.29, 0.717) is 12.2 Å². The van der Waals surface area contributed by atoms with Crippen LogP contribution in [-0.4, -0.2) is 36.3 Å². The summed E-state index contributed by atoms with van der Waals surface area (Å²) in [6.07, 6.45) is 1.53. The van der Waals surface area contributed by atoms with Crippen LogP contribution in [0.15, 0.2) is 36.5 Å². The van der Waals surface area contributed by atoms with E-state index >= 15 is 0 Å². The van der Waals surface area contributed by atoms with Gasteiger partial charge in [0.25, 0.3) is 5.91 Å². The van der Waals surface area contributed by atoms with Gasteiger partial charge in [0.15, 0.2) is 10.7 Å². The Labute approximate surface area is 175 Å². The fourth-order valence-electron chi connectivity index (χ4n) is 2.66. The smallest absolute Gasteiger partial charge is 0.358 e. The topological polar surface area (TPSA) is 137 Å². The van der Waals surface area contributed by atoms with Crippen LogP contribution in [0, 0.1) is 17.0 Å². The SMILES string of the molecule is CCn1cc(NC(=O)Cn2nc([N+](=O)[O-])c(Cl)c2C)c(C(=O)Nc2ccccc2)n1. The number of hydrogen-bond acceptors (Lipinski definition) is 6. The highest BCUT2D eigenvalue weighted by Gasteiger charge is 2.26. The first-order valence-corrected chi connectivity index (χ1v) is 9.29. The van der Waals surface area contributed by atoms with Gasteiger partial charge in [-0.05, 0) is 30.9 Å². The van der Waals surface area contributed by atoms with Crippen LogP contribution in [0.2, 0.25) is 5.02 Å². The molecule has 0 saturated heterocycles. The second-order valence-corrected chi connectivity index (χ2v) is 6.63. The van der Waals surface area contributed by atoms with Crippen LogP contribution in [0.4, 0.5) is 17.2 Å². The summed E-state index contributed by atoms with van der Waals surface area (Å²) in [6.45, 7) is 3.52. The van der Waals surface area contributed by atoms with Crippen molar-refractivity contribution in [2.75, 3.05) is 10.6 Å². The summed E-state index contributed by atoms with van der Waals surface area (Å²) in [6, 6.07) is 8.83. The van der Waals surface area contributed by atoms with Crippen LogP contribution in [0.5, 0.6) is 0 Å². The monoisotopic (exact) mass is 431 g/mol. The Morgan fingerprint density at radius 2 is 1.90 bits per heavy atom. The van der Waals surface area contributed by atoms with Crippen LogP contribution in [-0.2, 0) is 17.9 Å². The van der Waals surface area contributed by atoms with E-state index in [2.05, 4.69) is 20.8 Å². The highest BCUT2D eigenvalue weighted by Crippen LogP contribution is 2.26. The number of carbonyl (C=O) groups excluding carboxylic acids is 2. The fourth-order valence-corrected chi connectivity index (χ4v) is 2.86. The number of halogens is 1. The zero-order valence-corrected chi connectivity index (χ0v) is 16.9. The number of anilines is 2. The minimum atomic E-state index is -0.721. The first kappa shape index (κ1) is 21.0. The Balaban J connectivity index is 1.78. The third-order valence-electron chi connectivity index (χ3n) is 4.19. The number of nitrogens with zero attached hydrogens (tertiary/aromatic N) is 5. The Morgan fingerprint density at radius 1 is 1.20 bits per heavy atom. The maximum absolute atomic E-state index is 12.6. The third kappa shape index (κ3) is 4.46. The molecule has 0 atom stereocenters. The molecule has 0 aliphatic heterocycles. The van der Waals surface area contributed by atoms with Crippen LogP contribution < -0.4 is 10.6 Å². The number of aryl methyl sites for hydroxylation is 1. The van der Waals surface area contributed by atoms with Crippen LogP contribution in [0.25, 0.3) is 0 Å². The van der Waals surface area contributed by atoms with E-state index in [1.807, 2.05) is 13.0 Å². The molecule has 0 aliphatic rings. The van der Waals surface area contributed by atoms with Gasteiger partial charge in [-0.15, -0.1) is 0 Å². The molecule has 0 spiro atoms. The van der Waals surface area contributed by atoms with Gasteiger partial charge >= 0.3 is 5.82 Å². The molecule has 0 radical (unpaired) electrons. The van der Waals surface area contributed by atoms with Gasteiger partial charge in [0.2, 0.25) is 5.91 Å². The van der Waals surface area contributed by atoms with E-state index in [1.54, 1.807) is 24.3 Å². The van der Waals surface area contributed by atoms with Crippen molar-refractivity contribution in [3.05, 3.63) is 63.1 Å². The van der Waals surface area contributed by atoms with Crippen molar-refractivity contribution in [3.8, 4) is 0 Å². The molecule has 2 amide bonds. The Bertz CT molecular complexity index is 1110. The lowest BCUT2D eigenvalue weighted by Crippen LogP contribution is -2.22. The first-order chi connectivity index (χ1) is 14.3. The van der Waals surface area contributed by atoms with E-state index in [1.165, 1.54) is 17.8 Å². The number of nitrogens with one attached hydrogen (secondary N) is 2. The summed E-state index contributed by atoms with van der Waals surface area (Å²) in [5.74, 6) is -1.56. The lowest BCUT2D eigenvalue weighted by molar-refractivity contribution is -0.389. The summed E-state index contributed by atoms with van der Waals surface area (Å²) in [7, 11) is 0. The van der Waals surface area contributed by atoms with Gasteiger partial charge in [0, 0.05) is 18.4 Å². The Morgan fingerprint density at radius 3 is 2.50 bits per heavy atom. The predicted molar refractivity (Wildman–Crippen MR) is 110 cm³/mol. The number of para-hydroxylation sites is 1. The van der Waals surface area contributed by atoms with E-state index in [9.17, 15) is 19.7 Å². The summed E-state index contributed by atoms with van der Waals surface area (Å²) in [5, 5.41) is 24.1. The highest BCUT2D eigenvalue weighted by atomic mass is 35.5. The number of amides is 2. The molecule has 12 heteroatoms. The average Bonchev–Trinajstić information content (AvgIpc) is 3.25. The quantitative estimate of drug-likeness (QED) is 0.436. The summed E-state index contributed by atoms with van der Waals surface area (Å²) < 4.78 is 2.64. The maximum atomic E-state index is 12.6. The van der Waals surface area contributed by atoms with Gasteiger partial charge in [-0.3, -0.25) is 14.3 Å². The van der Waals surface area contributed by atoms with Gasteiger partial charge in [-0.2, -0.15) is 9.78 Å². The molecular formula is C18H18ClN7O4. The largest absolute Gasteiger partial charge is 0.408 e. The van der Waals surface area contributed by atoms with Crippen molar-refractivity contribution in [1.29, 1.82) is 0 Å². The van der Waals surface area contributed by atoms with Crippen LogP contribution in [0.3, 0.4) is 0 Å². The van der Waals surface area contributed by atoms with Gasteiger partial charge in [0.05, 0.1) is 16.5 Å². The summed E-state index contributed by atoms with van der Waals surface area (Å²) >= 11 is 5.90. The zero-order chi connectivity index (χ0) is 21.8. The minimum absolute atomic E-state index is 0.0373. The fraction of sp³-hybridized carbons (Fsp3) is 0.222. The standard InChI is InChI=1S/C18H18ClN7O4/c1-3-24-9-13(16(22-24)18(28)20-12-7-5-4-6-8-12)21-14(27)10-25-11(2)15(19)17(23-25)26(29)30/h4-9H,3,10H2,1-2H3,(H,20,28)(H,21,27). The number of rotatable bonds is 7. The summed E-state index contributed by atoms with van der Waals surface area (Å²) in [4.78, 5) is 35.4. The van der Waals surface area contributed by atoms with Crippen molar-refractivity contribution in [2.45, 2.75) is 26.9 Å². The second kappa shape index (κ2) is 8.74. The Hall–Kier alpha value is -3.73. The van der Waals surface area contributed by atoms with Crippen molar-refractivity contribution in [2.24, 2.45) is 0 Å². The molecule has 3 aromatic rings. The van der Waals surface area contributed by atoms with E-state index in [0.717, 1.165) is 4.68 Å². The van der Waals surface area contributed by atoms with E-state index in [-0.39, 0.29) is 28.6 Å². The molecule has 0 unspecified atom stereocenters. The number of nitro groups is 1. The van der Waals surface area contributed by atoms with Crippen LogP contribution in [0.1, 0.15) is 23.1 Å². The molecule has 2 N–H and O–H groups in total. The van der Waals surface area contributed by atoms with Crippen LogP contribution >= 0.6 is 11.6 Å². The number of benzene rings is 1. The highest BCUT2D eigenvalue weighted by molar-refractivity contribution is 6.33. The zero-order valence-electron chi connectivity index (χ0n) is 16.1. The van der Waals surface area contributed by atoms with Crippen molar-refractivity contribution >= 4 is 40.6 Å². The van der Waals surface area contributed by atoms with Crippen molar-refractivity contribution < 1.29 is 14.5 Å². The molecular weight excluding hydrogens is 414 g/mol. The van der Waals surface area contributed by atoms with Gasteiger partial charge in [-0.25, -0.2) is 0 Å². The molecule has 2 aromatic heterocycles. The lowest BCUT2D eigenvalue weighted by Gasteiger charge is -2.06. The molecule has 30 heavy (non-hydrogen) atoms. The number of aromatic nitrogens is 4. The number of carbonyl (C=O) groups is 2. The molecule has 0 aliphatic carbocycles. The average molecular weight is 432 g/mol. The third-order valence-corrected chi connectivity index (χ3v) is 4.63. The maximum Gasteiger partial charge on any atom is 0.408 e. The minimum Gasteiger partial charge on any atom is -0.358 e. The van der Waals surface area contributed by atoms with Gasteiger partial charge in [-0.1, -0.05) is 29.8 Å². The van der Waals surface area contributed by atoms with E-state index < -0.39 is 22.6 Å². The molecule has 0 bridgehead atoms. The summed E-state index contributed by atoms with van der Waals surface area (Å²) in [5.41, 5.74) is 1.11. The van der Waals surface area contributed by atoms with Gasteiger partial charge in [0.1, 0.15) is 6.54 Å². The molecule has 156 valence electrons. The van der Waals surface area contributed by atoms with E-state index in [4.69, 9.17) is 11.6 Å². The second-order valence-electron chi connectivity index (χ2n) is 6.25. The predicted octanol–water partition coefficient (Wildman–Crippen LogP) is 2.86. The normalized spacial score (nSPS) is 10.6. The van der Waals surface area contributed by atoms with Gasteiger partial charge < -0.3 is 20.7 Å². The number of hydrogen-bond donors (Lipinski definition) is 2. The molecule has 0 saturated carbocycles. The first-order valence-electron chi connectivity index (χ1n) is 8.91.